The molecule has 0 saturated heterocycles. The van der Waals surface area contributed by atoms with Gasteiger partial charge in [-0.05, 0) is 41.8 Å². The van der Waals surface area contributed by atoms with Gasteiger partial charge in [-0.15, -0.1) is 0 Å². The molecule has 1 heterocycles. The summed E-state index contributed by atoms with van der Waals surface area (Å²) in [6.07, 6.45) is 3.93. The Morgan fingerprint density at radius 3 is 2.81 bits per heavy atom. The maximum absolute atomic E-state index is 13.1. The highest BCUT2D eigenvalue weighted by Gasteiger charge is 2.05. The number of hydrogen-bond donors (Lipinski definition) is 0. The number of nitrogens with zero attached hydrogens (tertiary/aromatic N) is 1. The third-order valence-corrected chi connectivity index (χ3v) is 2.45. The minimum Gasteiger partial charge on any atom is -0.298 e. The van der Waals surface area contributed by atoms with Crippen LogP contribution in [0.5, 0.6) is 0 Å². The van der Waals surface area contributed by atoms with Crippen molar-refractivity contribution in [1.29, 1.82) is 0 Å². The predicted molar refractivity (Wildman–Crippen MR) is 59.8 cm³/mol. The van der Waals surface area contributed by atoms with Crippen LogP contribution in [0.25, 0.3) is 11.1 Å². The van der Waals surface area contributed by atoms with Crippen molar-refractivity contribution in [2.24, 2.45) is 0 Å². The van der Waals surface area contributed by atoms with Gasteiger partial charge >= 0.3 is 0 Å². The molecule has 0 bridgehead atoms. The molecule has 0 N–H and O–H groups in total. The maximum atomic E-state index is 13.1. The van der Waals surface area contributed by atoms with Gasteiger partial charge in [0.15, 0.2) is 6.29 Å². The fraction of sp³-hybridized carbons (Fsp3) is 0.0769. The second kappa shape index (κ2) is 4.23. The van der Waals surface area contributed by atoms with Crippen LogP contribution < -0.4 is 0 Å². The van der Waals surface area contributed by atoms with E-state index in [2.05, 4.69) is 4.98 Å². The summed E-state index contributed by atoms with van der Waals surface area (Å²) < 4.78 is 13.1. The number of halogens is 1. The Balaban J connectivity index is 2.57. The fourth-order valence-electron chi connectivity index (χ4n) is 1.60. The number of aromatic nitrogens is 1. The number of carbonyl (C=O) groups is 1. The zero-order valence-electron chi connectivity index (χ0n) is 8.77. The highest BCUT2D eigenvalue weighted by molar-refractivity contribution is 5.79. The van der Waals surface area contributed by atoms with Gasteiger partial charge in [-0.25, -0.2) is 4.39 Å². The van der Waals surface area contributed by atoms with Crippen LogP contribution in [0, 0.1) is 12.7 Å². The van der Waals surface area contributed by atoms with Gasteiger partial charge in [0, 0.05) is 12.4 Å². The molecule has 0 radical (unpaired) electrons. The molecule has 0 fully saturated rings. The third kappa shape index (κ3) is 1.84. The Kier molecular flexibility index (Phi) is 2.77. The molecular weight excluding hydrogens is 205 g/mol. The first kappa shape index (κ1) is 10.5. The first-order chi connectivity index (χ1) is 7.72. The average Bonchev–Trinajstić information content (AvgIpc) is 2.31. The largest absolute Gasteiger partial charge is 0.298 e. The van der Waals surface area contributed by atoms with Crippen molar-refractivity contribution in [2.45, 2.75) is 6.92 Å². The van der Waals surface area contributed by atoms with Crippen LogP contribution >= 0.6 is 0 Å². The van der Waals surface area contributed by atoms with E-state index in [1.807, 2.05) is 13.0 Å². The predicted octanol–water partition coefficient (Wildman–Crippen LogP) is 3.01. The summed E-state index contributed by atoms with van der Waals surface area (Å²) in [6.45, 7) is 1.92. The van der Waals surface area contributed by atoms with E-state index in [0.717, 1.165) is 16.7 Å². The molecule has 2 aromatic rings. The van der Waals surface area contributed by atoms with E-state index in [1.54, 1.807) is 24.5 Å². The summed E-state index contributed by atoms with van der Waals surface area (Å²) in [6, 6.07) is 6.35. The van der Waals surface area contributed by atoms with Gasteiger partial charge in [0.2, 0.25) is 0 Å². The van der Waals surface area contributed by atoms with Crippen LogP contribution in [0.3, 0.4) is 0 Å². The van der Waals surface area contributed by atoms with E-state index in [4.69, 9.17) is 0 Å². The van der Waals surface area contributed by atoms with Crippen LogP contribution in [0.1, 0.15) is 15.9 Å². The van der Waals surface area contributed by atoms with E-state index < -0.39 is 5.82 Å². The molecule has 1 aromatic heterocycles. The molecule has 0 unspecified atom stereocenters. The molecule has 2 nitrogen and oxygen atoms in total. The standard InChI is InChI=1S/C13H10FNO/c1-9-7-15-5-4-12(9)10-2-3-13(14)11(6-10)8-16/h2-8H,1H3. The number of rotatable bonds is 2. The molecule has 3 heteroatoms. The van der Waals surface area contributed by atoms with Gasteiger partial charge in [-0.2, -0.15) is 0 Å². The van der Waals surface area contributed by atoms with E-state index >= 15 is 0 Å². The number of aldehydes is 1. The molecule has 0 atom stereocenters. The fourth-order valence-corrected chi connectivity index (χ4v) is 1.60. The van der Waals surface area contributed by atoms with Crippen molar-refractivity contribution in [3.8, 4) is 11.1 Å². The van der Waals surface area contributed by atoms with Gasteiger partial charge in [-0.1, -0.05) is 6.07 Å². The zero-order valence-corrected chi connectivity index (χ0v) is 8.77. The second-order valence-electron chi connectivity index (χ2n) is 3.54. The lowest BCUT2D eigenvalue weighted by molar-refractivity contribution is 0.112. The second-order valence-corrected chi connectivity index (χ2v) is 3.54. The van der Waals surface area contributed by atoms with E-state index in [0.29, 0.717) is 6.29 Å². The van der Waals surface area contributed by atoms with Crippen LogP contribution in [-0.4, -0.2) is 11.3 Å². The highest BCUT2D eigenvalue weighted by atomic mass is 19.1. The normalized spacial score (nSPS) is 10.1. The quantitative estimate of drug-likeness (QED) is 0.721. The Labute approximate surface area is 92.8 Å². The van der Waals surface area contributed by atoms with Crippen LogP contribution in [0.4, 0.5) is 4.39 Å². The minimum absolute atomic E-state index is 0.0775. The van der Waals surface area contributed by atoms with Crippen LogP contribution in [0.2, 0.25) is 0 Å². The average molecular weight is 215 g/mol. The van der Waals surface area contributed by atoms with E-state index in [9.17, 15) is 9.18 Å². The lowest BCUT2D eigenvalue weighted by atomic mass is 10.0. The molecule has 0 aliphatic carbocycles. The molecule has 1 aromatic carbocycles. The molecule has 16 heavy (non-hydrogen) atoms. The van der Waals surface area contributed by atoms with Gasteiger partial charge in [0.1, 0.15) is 5.82 Å². The number of benzene rings is 1. The maximum Gasteiger partial charge on any atom is 0.153 e. The lowest BCUT2D eigenvalue weighted by Gasteiger charge is -2.06. The molecule has 80 valence electrons. The van der Waals surface area contributed by atoms with Crippen molar-refractivity contribution in [3.63, 3.8) is 0 Å². The number of pyridine rings is 1. The molecule has 0 aliphatic heterocycles. The summed E-state index contributed by atoms with van der Waals surface area (Å²) >= 11 is 0. The number of aryl methyl sites for hydroxylation is 1. The minimum atomic E-state index is -0.495. The van der Waals surface area contributed by atoms with Crippen molar-refractivity contribution in [1.82, 2.24) is 4.98 Å². The summed E-state index contributed by atoms with van der Waals surface area (Å²) in [5.74, 6) is -0.495. The third-order valence-electron chi connectivity index (χ3n) is 2.45. The highest BCUT2D eigenvalue weighted by Crippen LogP contribution is 2.23. The Morgan fingerprint density at radius 1 is 1.31 bits per heavy atom. The monoisotopic (exact) mass is 215 g/mol. The summed E-state index contributed by atoms with van der Waals surface area (Å²) in [5.41, 5.74) is 2.85. The van der Waals surface area contributed by atoms with Gasteiger partial charge in [0.25, 0.3) is 0 Å². The van der Waals surface area contributed by atoms with E-state index in [-0.39, 0.29) is 5.56 Å². The SMILES string of the molecule is Cc1cnccc1-c1ccc(F)c(C=O)c1. The molecule has 0 amide bonds. The van der Waals surface area contributed by atoms with E-state index in [1.165, 1.54) is 6.07 Å². The van der Waals surface area contributed by atoms with Crippen molar-refractivity contribution >= 4 is 6.29 Å². The molecule has 0 spiro atoms. The van der Waals surface area contributed by atoms with Crippen molar-refractivity contribution in [2.75, 3.05) is 0 Å². The molecule has 2 rings (SSSR count). The Morgan fingerprint density at radius 2 is 2.12 bits per heavy atom. The number of hydrogen-bond acceptors (Lipinski definition) is 2. The topological polar surface area (TPSA) is 30.0 Å². The van der Waals surface area contributed by atoms with Gasteiger partial charge < -0.3 is 0 Å². The zero-order chi connectivity index (χ0) is 11.5. The molecular formula is C13H10FNO. The summed E-state index contributed by atoms with van der Waals surface area (Å²) in [4.78, 5) is 14.6. The van der Waals surface area contributed by atoms with Crippen molar-refractivity contribution in [3.05, 3.63) is 53.6 Å². The first-order valence-electron chi connectivity index (χ1n) is 4.88. The molecule has 0 saturated carbocycles. The first-order valence-corrected chi connectivity index (χ1v) is 4.88. The van der Waals surface area contributed by atoms with Gasteiger partial charge in [0.05, 0.1) is 5.56 Å². The Hall–Kier alpha value is -2.03. The van der Waals surface area contributed by atoms with Crippen molar-refractivity contribution < 1.29 is 9.18 Å². The van der Waals surface area contributed by atoms with Crippen LogP contribution in [0.15, 0.2) is 36.7 Å². The van der Waals surface area contributed by atoms with Gasteiger partial charge in [-0.3, -0.25) is 9.78 Å². The summed E-state index contributed by atoms with van der Waals surface area (Å²) in [5, 5.41) is 0. The molecule has 0 aliphatic rings. The van der Waals surface area contributed by atoms with Crippen LogP contribution in [-0.2, 0) is 0 Å². The summed E-state index contributed by atoms with van der Waals surface area (Å²) in [7, 11) is 0. The smallest absolute Gasteiger partial charge is 0.153 e. The number of carbonyl (C=O) groups excluding carboxylic acids is 1. The lowest BCUT2D eigenvalue weighted by Crippen LogP contribution is -1.90. The Bertz CT molecular complexity index is 537.